The van der Waals surface area contributed by atoms with Gasteiger partial charge < -0.3 is 4.90 Å². The maximum atomic E-state index is 13.1. The van der Waals surface area contributed by atoms with E-state index in [1.807, 2.05) is 13.8 Å². The number of hydrogen-bond donors (Lipinski definition) is 0. The number of amides is 1. The van der Waals surface area contributed by atoms with Gasteiger partial charge in [0.2, 0.25) is 0 Å². The molecule has 1 aliphatic heterocycles. The zero-order valence-electron chi connectivity index (χ0n) is 15.6. The number of likely N-dealkylation sites (tertiary alicyclic amines) is 1. The Morgan fingerprint density at radius 1 is 1.12 bits per heavy atom. The number of hydrogen-bond acceptors (Lipinski definition) is 5. The maximum absolute atomic E-state index is 13.1. The summed E-state index contributed by atoms with van der Waals surface area (Å²) in [6.45, 7) is 8.11. The molecule has 1 aromatic rings. The molecule has 26 heavy (non-hydrogen) atoms. The van der Waals surface area contributed by atoms with Crippen molar-refractivity contribution in [2.24, 2.45) is 11.8 Å². The van der Waals surface area contributed by atoms with E-state index in [1.165, 1.54) is 6.92 Å². The fourth-order valence-electron chi connectivity index (χ4n) is 3.58. The molecule has 8 nitrogen and oxygen atoms in total. The van der Waals surface area contributed by atoms with Gasteiger partial charge in [0.25, 0.3) is 17.3 Å². The van der Waals surface area contributed by atoms with E-state index in [2.05, 4.69) is 6.92 Å². The third kappa shape index (κ3) is 4.00. The van der Waals surface area contributed by atoms with Crippen LogP contribution in [-0.2, 0) is 0 Å². The predicted octanol–water partition coefficient (Wildman–Crippen LogP) is 4.10. The highest BCUT2D eigenvalue weighted by molar-refractivity contribution is 5.96. The fourth-order valence-corrected chi connectivity index (χ4v) is 3.58. The van der Waals surface area contributed by atoms with E-state index in [9.17, 15) is 25.0 Å². The van der Waals surface area contributed by atoms with Crippen molar-refractivity contribution in [3.63, 3.8) is 0 Å². The molecule has 0 N–H and O–H groups in total. The quantitative estimate of drug-likeness (QED) is 0.591. The first kappa shape index (κ1) is 19.8. The van der Waals surface area contributed by atoms with E-state index < -0.39 is 21.2 Å². The topological polar surface area (TPSA) is 107 Å². The number of nitro groups is 2. The van der Waals surface area contributed by atoms with Gasteiger partial charge in [-0.3, -0.25) is 25.0 Å². The molecule has 0 aromatic heterocycles. The fraction of sp³-hybridized carbons (Fsp3) is 0.611. The Balaban J connectivity index is 2.49. The summed E-state index contributed by atoms with van der Waals surface area (Å²) < 4.78 is 0. The molecule has 2 rings (SSSR count). The molecule has 1 saturated heterocycles. The molecule has 142 valence electrons. The molecule has 0 radical (unpaired) electrons. The molecule has 0 saturated carbocycles. The van der Waals surface area contributed by atoms with Crippen molar-refractivity contribution in [1.29, 1.82) is 0 Å². The van der Waals surface area contributed by atoms with E-state index in [1.54, 1.807) is 4.90 Å². The number of rotatable bonds is 4. The number of benzene rings is 1. The Hall–Kier alpha value is -2.51. The minimum atomic E-state index is -0.677. The first-order valence-corrected chi connectivity index (χ1v) is 8.87. The van der Waals surface area contributed by atoms with Crippen molar-refractivity contribution < 1.29 is 14.6 Å². The average Bonchev–Trinajstić information content (AvgIpc) is 2.75. The lowest BCUT2D eigenvalue weighted by molar-refractivity contribution is -0.395. The van der Waals surface area contributed by atoms with Gasteiger partial charge in [0.15, 0.2) is 0 Å². The molecule has 8 heteroatoms. The molecule has 2 unspecified atom stereocenters. The Labute approximate surface area is 152 Å². The highest BCUT2D eigenvalue weighted by Gasteiger charge is 2.33. The highest BCUT2D eigenvalue weighted by atomic mass is 16.6. The Morgan fingerprint density at radius 3 is 2.12 bits per heavy atom. The van der Waals surface area contributed by atoms with E-state index in [0.717, 1.165) is 31.4 Å². The summed E-state index contributed by atoms with van der Waals surface area (Å²) in [5.74, 6) is 0.361. The summed E-state index contributed by atoms with van der Waals surface area (Å²) in [6, 6.07) is 2.35. The largest absolute Gasteiger partial charge is 0.335 e. The molecule has 2 atom stereocenters. The van der Waals surface area contributed by atoms with Crippen LogP contribution in [-0.4, -0.2) is 33.2 Å². The molecule has 1 aliphatic rings. The second kappa shape index (κ2) is 7.80. The molecule has 1 amide bonds. The number of carbonyl (C=O) groups is 1. The molecule has 0 aliphatic carbocycles. The predicted molar refractivity (Wildman–Crippen MR) is 97.2 cm³/mol. The molecule has 1 heterocycles. The second-order valence-electron chi connectivity index (χ2n) is 7.43. The van der Waals surface area contributed by atoms with Gasteiger partial charge in [-0.1, -0.05) is 20.8 Å². The maximum Gasteiger partial charge on any atom is 0.279 e. The van der Waals surface area contributed by atoms with Crippen molar-refractivity contribution in [2.45, 2.75) is 53.0 Å². The third-order valence-corrected chi connectivity index (χ3v) is 5.24. The number of nitro benzene ring substituents is 2. The lowest BCUT2D eigenvalue weighted by Gasteiger charge is -2.33. The lowest BCUT2D eigenvalue weighted by Crippen LogP contribution is -2.43. The molecule has 1 aromatic carbocycles. The monoisotopic (exact) mass is 363 g/mol. The molecular formula is C18H25N3O5. The first-order chi connectivity index (χ1) is 12.1. The summed E-state index contributed by atoms with van der Waals surface area (Å²) in [6.07, 6.45) is 2.73. The van der Waals surface area contributed by atoms with Crippen molar-refractivity contribution in [3.8, 4) is 0 Å². The van der Waals surface area contributed by atoms with Gasteiger partial charge >= 0.3 is 0 Å². The standard InChI is InChI=1S/C18H25N3O5/c1-11(2)15-6-5-12(3)7-8-19(15)18(22)14-9-16(20(23)24)13(4)17(10-14)21(25)26/h9-12,15H,5-8H2,1-4H3. The number of nitrogens with zero attached hydrogens (tertiary/aromatic N) is 3. The minimum Gasteiger partial charge on any atom is -0.335 e. The van der Waals surface area contributed by atoms with Crippen molar-refractivity contribution in [1.82, 2.24) is 4.90 Å². The minimum absolute atomic E-state index is 0.00852. The Morgan fingerprint density at radius 2 is 1.65 bits per heavy atom. The van der Waals surface area contributed by atoms with Crippen molar-refractivity contribution in [2.75, 3.05) is 6.54 Å². The number of carbonyl (C=O) groups excluding carboxylic acids is 1. The summed E-state index contributed by atoms with van der Waals surface area (Å²) in [7, 11) is 0. The van der Waals surface area contributed by atoms with Gasteiger partial charge in [0, 0.05) is 24.7 Å². The average molecular weight is 363 g/mol. The van der Waals surface area contributed by atoms with Crippen LogP contribution >= 0.6 is 0 Å². The summed E-state index contributed by atoms with van der Waals surface area (Å²) in [5, 5.41) is 22.6. The normalized spacial score (nSPS) is 20.7. The van der Waals surface area contributed by atoms with Gasteiger partial charge in [-0.25, -0.2) is 0 Å². The molecule has 1 fully saturated rings. The lowest BCUT2D eigenvalue weighted by atomic mass is 9.95. The molecule has 0 spiro atoms. The van der Waals surface area contributed by atoms with Crippen LogP contribution in [0.25, 0.3) is 0 Å². The van der Waals surface area contributed by atoms with Crippen LogP contribution in [0, 0.1) is 39.0 Å². The van der Waals surface area contributed by atoms with Crippen LogP contribution in [0.4, 0.5) is 11.4 Å². The van der Waals surface area contributed by atoms with Crippen LogP contribution in [0.5, 0.6) is 0 Å². The van der Waals surface area contributed by atoms with Crippen LogP contribution in [0.3, 0.4) is 0 Å². The van der Waals surface area contributed by atoms with E-state index >= 15 is 0 Å². The first-order valence-electron chi connectivity index (χ1n) is 8.87. The van der Waals surface area contributed by atoms with Gasteiger partial charge in [-0.05, 0) is 38.0 Å². The third-order valence-electron chi connectivity index (χ3n) is 5.24. The SMILES string of the molecule is Cc1c([N+](=O)[O-])cc(C(=O)N2CCC(C)CCC2C(C)C)cc1[N+](=O)[O-]. The van der Waals surface area contributed by atoms with E-state index in [0.29, 0.717) is 12.5 Å². The van der Waals surface area contributed by atoms with Crippen molar-refractivity contribution >= 4 is 17.3 Å². The Kier molecular flexibility index (Phi) is 5.94. The highest BCUT2D eigenvalue weighted by Crippen LogP contribution is 2.32. The molecular weight excluding hydrogens is 338 g/mol. The van der Waals surface area contributed by atoms with Crippen LogP contribution < -0.4 is 0 Å². The van der Waals surface area contributed by atoms with E-state index in [-0.39, 0.29) is 29.0 Å². The van der Waals surface area contributed by atoms with Gasteiger partial charge in [0.1, 0.15) is 5.56 Å². The zero-order chi connectivity index (χ0) is 19.6. The van der Waals surface area contributed by atoms with Gasteiger partial charge in [0.05, 0.1) is 15.4 Å². The van der Waals surface area contributed by atoms with Crippen LogP contribution in [0.1, 0.15) is 56.0 Å². The van der Waals surface area contributed by atoms with E-state index in [4.69, 9.17) is 0 Å². The van der Waals surface area contributed by atoms with Gasteiger partial charge in [-0.15, -0.1) is 0 Å². The summed E-state index contributed by atoms with van der Waals surface area (Å²) in [4.78, 5) is 36.1. The van der Waals surface area contributed by atoms with Crippen LogP contribution in [0.2, 0.25) is 0 Å². The smallest absolute Gasteiger partial charge is 0.279 e. The zero-order valence-corrected chi connectivity index (χ0v) is 15.6. The summed E-state index contributed by atoms with van der Waals surface area (Å²) >= 11 is 0. The molecule has 0 bridgehead atoms. The Bertz CT molecular complexity index is 697. The van der Waals surface area contributed by atoms with Gasteiger partial charge in [-0.2, -0.15) is 0 Å². The van der Waals surface area contributed by atoms with Crippen molar-refractivity contribution in [3.05, 3.63) is 43.5 Å². The summed E-state index contributed by atoms with van der Waals surface area (Å²) in [5.41, 5.74) is -0.825. The van der Waals surface area contributed by atoms with Crippen LogP contribution in [0.15, 0.2) is 12.1 Å². The second-order valence-corrected chi connectivity index (χ2v) is 7.43.